The Labute approximate surface area is 112 Å². The Kier molecular flexibility index (Phi) is 5.85. The Morgan fingerprint density at radius 1 is 1.37 bits per heavy atom. The molecule has 0 unspecified atom stereocenters. The summed E-state index contributed by atoms with van der Waals surface area (Å²) in [6, 6.07) is 6.90. The van der Waals surface area contributed by atoms with Crippen molar-refractivity contribution in [3.63, 3.8) is 0 Å². The average molecular weight is 265 g/mol. The molecule has 5 nitrogen and oxygen atoms in total. The van der Waals surface area contributed by atoms with Crippen molar-refractivity contribution >= 4 is 12.2 Å². The first-order valence-corrected chi connectivity index (χ1v) is 6.19. The van der Waals surface area contributed by atoms with Gasteiger partial charge in [-0.3, -0.25) is 0 Å². The normalized spacial score (nSPS) is 12.6. The fraction of sp³-hybridized carbons (Fsp3) is 0.429. The Morgan fingerprint density at radius 2 is 2.00 bits per heavy atom. The molecule has 19 heavy (non-hydrogen) atoms. The molecule has 0 saturated heterocycles. The molecule has 1 rings (SSSR count). The van der Waals surface area contributed by atoms with Crippen LogP contribution in [0.4, 0.5) is 0 Å². The van der Waals surface area contributed by atoms with Gasteiger partial charge in [0.1, 0.15) is 5.75 Å². The molecular formula is C14H19NO4. The molecule has 0 radical (unpaired) electrons. The van der Waals surface area contributed by atoms with Crippen LogP contribution in [0.1, 0.15) is 26.3 Å². The summed E-state index contributed by atoms with van der Waals surface area (Å²) in [5.41, 5.74) is 0.743. The zero-order chi connectivity index (χ0) is 14.3. The van der Waals surface area contributed by atoms with E-state index in [-0.39, 0.29) is 11.9 Å². The zero-order valence-electron chi connectivity index (χ0n) is 11.4. The SMILES string of the molecule is CCOC(=O)[C@@H](Oc1ccc(C=NO)cc1)C(C)C. The first-order valence-electron chi connectivity index (χ1n) is 6.19. The van der Waals surface area contributed by atoms with Crippen LogP contribution in [0.5, 0.6) is 5.75 Å². The lowest BCUT2D eigenvalue weighted by atomic mass is 10.1. The summed E-state index contributed by atoms with van der Waals surface area (Å²) >= 11 is 0. The quantitative estimate of drug-likeness (QED) is 0.371. The van der Waals surface area contributed by atoms with Crippen LogP contribution in [0, 0.1) is 5.92 Å². The Morgan fingerprint density at radius 3 is 2.47 bits per heavy atom. The molecule has 0 aliphatic rings. The van der Waals surface area contributed by atoms with E-state index in [0.717, 1.165) is 5.56 Å². The van der Waals surface area contributed by atoms with Crippen LogP contribution in [0.3, 0.4) is 0 Å². The van der Waals surface area contributed by atoms with Crippen molar-refractivity contribution in [1.29, 1.82) is 0 Å². The molecule has 0 spiro atoms. The monoisotopic (exact) mass is 265 g/mol. The van der Waals surface area contributed by atoms with Gasteiger partial charge in [0, 0.05) is 5.92 Å². The van der Waals surface area contributed by atoms with Crippen LogP contribution in [0.25, 0.3) is 0 Å². The van der Waals surface area contributed by atoms with Crippen LogP contribution in [-0.4, -0.2) is 30.1 Å². The molecule has 1 N–H and O–H groups in total. The highest BCUT2D eigenvalue weighted by Crippen LogP contribution is 2.17. The molecule has 5 heteroatoms. The van der Waals surface area contributed by atoms with Crippen LogP contribution >= 0.6 is 0 Å². The molecule has 1 atom stereocenters. The molecule has 0 amide bonds. The van der Waals surface area contributed by atoms with Crippen LogP contribution in [0.2, 0.25) is 0 Å². The number of nitrogens with zero attached hydrogens (tertiary/aromatic N) is 1. The summed E-state index contributed by atoms with van der Waals surface area (Å²) in [5.74, 6) is 0.220. The van der Waals surface area contributed by atoms with E-state index < -0.39 is 6.10 Å². The second kappa shape index (κ2) is 7.41. The first-order chi connectivity index (χ1) is 9.08. The van der Waals surface area contributed by atoms with Crippen molar-refractivity contribution in [2.45, 2.75) is 26.9 Å². The molecule has 0 heterocycles. The Balaban J connectivity index is 2.76. The minimum atomic E-state index is -0.627. The molecule has 0 fully saturated rings. The lowest BCUT2D eigenvalue weighted by Crippen LogP contribution is -2.34. The lowest BCUT2D eigenvalue weighted by Gasteiger charge is -2.20. The van der Waals surface area contributed by atoms with E-state index in [9.17, 15) is 4.79 Å². The number of carbonyl (C=O) groups excluding carboxylic acids is 1. The molecular weight excluding hydrogens is 246 g/mol. The van der Waals surface area contributed by atoms with E-state index in [1.165, 1.54) is 6.21 Å². The van der Waals surface area contributed by atoms with Crippen molar-refractivity contribution in [2.24, 2.45) is 11.1 Å². The highest BCUT2D eigenvalue weighted by atomic mass is 16.6. The third-order valence-electron chi connectivity index (χ3n) is 2.47. The van der Waals surface area contributed by atoms with Crippen molar-refractivity contribution in [1.82, 2.24) is 0 Å². The summed E-state index contributed by atoms with van der Waals surface area (Å²) in [7, 11) is 0. The average Bonchev–Trinajstić information content (AvgIpc) is 2.38. The van der Waals surface area contributed by atoms with E-state index in [1.54, 1.807) is 31.2 Å². The van der Waals surface area contributed by atoms with Crippen LogP contribution in [0.15, 0.2) is 29.4 Å². The summed E-state index contributed by atoms with van der Waals surface area (Å²) in [6.07, 6.45) is 0.687. The lowest BCUT2D eigenvalue weighted by molar-refractivity contribution is -0.153. The predicted octanol–water partition coefficient (Wildman–Crippen LogP) is 2.46. The second-order valence-corrected chi connectivity index (χ2v) is 4.35. The van der Waals surface area contributed by atoms with Gasteiger partial charge in [0.2, 0.25) is 0 Å². The number of hydrogen-bond acceptors (Lipinski definition) is 5. The standard InChI is InChI=1S/C14H19NO4/c1-4-18-14(16)13(10(2)3)19-12-7-5-11(6-8-12)9-15-17/h5-10,13,17H,4H2,1-3H3/t13-/m0/s1. The number of oxime groups is 1. The van der Waals surface area contributed by atoms with E-state index in [4.69, 9.17) is 14.7 Å². The molecule has 104 valence electrons. The molecule has 1 aromatic carbocycles. The first kappa shape index (κ1) is 15.0. The highest BCUT2D eigenvalue weighted by molar-refractivity contribution is 5.79. The maximum atomic E-state index is 11.8. The van der Waals surface area contributed by atoms with Gasteiger partial charge >= 0.3 is 5.97 Å². The third kappa shape index (κ3) is 4.62. The van der Waals surface area contributed by atoms with E-state index in [2.05, 4.69) is 5.16 Å². The van der Waals surface area contributed by atoms with Crippen LogP contribution < -0.4 is 4.74 Å². The smallest absolute Gasteiger partial charge is 0.347 e. The highest BCUT2D eigenvalue weighted by Gasteiger charge is 2.25. The van der Waals surface area contributed by atoms with Gasteiger partial charge in [0.05, 0.1) is 12.8 Å². The molecule has 0 bridgehead atoms. The minimum Gasteiger partial charge on any atom is -0.478 e. The molecule has 0 aliphatic heterocycles. The summed E-state index contributed by atoms with van der Waals surface area (Å²) in [6.45, 7) is 5.89. The number of esters is 1. The largest absolute Gasteiger partial charge is 0.478 e. The number of rotatable bonds is 6. The van der Waals surface area contributed by atoms with Gasteiger partial charge in [-0.05, 0) is 36.8 Å². The topological polar surface area (TPSA) is 68.1 Å². The fourth-order valence-corrected chi connectivity index (χ4v) is 1.53. The van der Waals surface area contributed by atoms with Gasteiger partial charge in [-0.15, -0.1) is 0 Å². The van der Waals surface area contributed by atoms with Crippen molar-refractivity contribution < 1.29 is 19.5 Å². The summed E-state index contributed by atoms with van der Waals surface area (Å²) in [4.78, 5) is 11.8. The van der Waals surface area contributed by atoms with E-state index in [1.807, 2.05) is 13.8 Å². The molecule has 1 aromatic rings. The third-order valence-corrected chi connectivity index (χ3v) is 2.47. The number of hydrogen-bond donors (Lipinski definition) is 1. The maximum absolute atomic E-state index is 11.8. The minimum absolute atomic E-state index is 0.0118. The van der Waals surface area contributed by atoms with Crippen molar-refractivity contribution in [3.8, 4) is 5.75 Å². The van der Waals surface area contributed by atoms with Gasteiger partial charge < -0.3 is 14.7 Å². The van der Waals surface area contributed by atoms with Gasteiger partial charge in [0.25, 0.3) is 0 Å². The predicted molar refractivity (Wildman–Crippen MR) is 71.7 cm³/mol. The number of ether oxygens (including phenoxy) is 2. The van der Waals surface area contributed by atoms with Gasteiger partial charge in [-0.2, -0.15) is 0 Å². The maximum Gasteiger partial charge on any atom is 0.347 e. The van der Waals surface area contributed by atoms with Crippen LogP contribution in [-0.2, 0) is 9.53 Å². The van der Waals surface area contributed by atoms with Gasteiger partial charge in [-0.1, -0.05) is 19.0 Å². The van der Waals surface area contributed by atoms with Gasteiger partial charge in [-0.25, -0.2) is 4.79 Å². The van der Waals surface area contributed by atoms with Crippen molar-refractivity contribution in [3.05, 3.63) is 29.8 Å². The molecule has 0 saturated carbocycles. The Hall–Kier alpha value is -2.04. The fourth-order valence-electron chi connectivity index (χ4n) is 1.53. The molecule has 0 aromatic heterocycles. The van der Waals surface area contributed by atoms with E-state index >= 15 is 0 Å². The number of benzene rings is 1. The zero-order valence-corrected chi connectivity index (χ0v) is 11.4. The van der Waals surface area contributed by atoms with Crippen molar-refractivity contribution in [2.75, 3.05) is 6.61 Å². The summed E-state index contributed by atoms with van der Waals surface area (Å²) < 4.78 is 10.6. The molecule has 0 aliphatic carbocycles. The van der Waals surface area contributed by atoms with Gasteiger partial charge in [0.15, 0.2) is 6.10 Å². The second-order valence-electron chi connectivity index (χ2n) is 4.35. The Bertz CT molecular complexity index is 426. The van der Waals surface area contributed by atoms with E-state index in [0.29, 0.717) is 12.4 Å². The number of carbonyl (C=O) groups is 1. The summed E-state index contributed by atoms with van der Waals surface area (Å²) in [5, 5.41) is 11.4.